The Morgan fingerprint density at radius 1 is 0.619 bits per heavy atom. The van der Waals surface area contributed by atoms with Crippen LogP contribution in [0.25, 0.3) is 0 Å². The molecule has 1 aromatic carbocycles. The van der Waals surface area contributed by atoms with E-state index < -0.39 is 0 Å². The van der Waals surface area contributed by atoms with Crippen molar-refractivity contribution in [1.82, 2.24) is 0 Å². The van der Waals surface area contributed by atoms with Crippen LogP contribution < -0.4 is 0 Å². The number of rotatable bonds is 14. The molecule has 1 rings (SSSR count). The molecule has 0 radical (unpaired) electrons. The number of aryl methyl sites for hydroxylation is 1. The molecule has 0 amide bonds. The minimum atomic E-state index is 1.26. The lowest BCUT2D eigenvalue weighted by Crippen LogP contribution is -1.86. The standard InChI is InChI=1S/C20H34S/c1-21-19-15-10-8-6-4-2-3-5-7-9-12-16-20-17-13-11-14-18-20/h11,13-14,17-18H,2-10,12,15-16,19H2,1H3. The zero-order valence-electron chi connectivity index (χ0n) is 14.0. The van der Waals surface area contributed by atoms with Crippen LogP contribution in [0.5, 0.6) is 0 Å². The second-order valence-electron chi connectivity index (χ2n) is 6.12. The normalized spacial score (nSPS) is 10.9. The highest BCUT2D eigenvalue weighted by Gasteiger charge is 1.95. The van der Waals surface area contributed by atoms with Gasteiger partial charge in [0.15, 0.2) is 0 Å². The monoisotopic (exact) mass is 306 g/mol. The largest absolute Gasteiger partial charge is 0.165 e. The SMILES string of the molecule is CSCCCCCCCCCCCCCc1ccccc1. The van der Waals surface area contributed by atoms with Gasteiger partial charge in [-0.25, -0.2) is 0 Å². The van der Waals surface area contributed by atoms with Crippen molar-refractivity contribution in [2.75, 3.05) is 12.0 Å². The Morgan fingerprint density at radius 2 is 1.10 bits per heavy atom. The van der Waals surface area contributed by atoms with Crippen LogP contribution in [0.4, 0.5) is 0 Å². The lowest BCUT2D eigenvalue weighted by Gasteiger charge is -2.03. The molecule has 21 heavy (non-hydrogen) atoms. The molecule has 0 fully saturated rings. The van der Waals surface area contributed by atoms with E-state index in [0.717, 1.165) is 0 Å². The van der Waals surface area contributed by atoms with Crippen molar-refractivity contribution < 1.29 is 0 Å². The van der Waals surface area contributed by atoms with Crippen LogP contribution in [0, 0.1) is 0 Å². The van der Waals surface area contributed by atoms with Crippen LogP contribution in [-0.2, 0) is 6.42 Å². The lowest BCUT2D eigenvalue weighted by atomic mass is 10.0. The fraction of sp³-hybridized carbons (Fsp3) is 0.700. The maximum absolute atomic E-state index is 2.25. The first-order valence-corrected chi connectivity index (χ1v) is 10.4. The molecule has 0 saturated carbocycles. The summed E-state index contributed by atoms with van der Waals surface area (Å²) in [7, 11) is 0. The van der Waals surface area contributed by atoms with Gasteiger partial charge in [-0.2, -0.15) is 11.8 Å². The van der Waals surface area contributed by atoms with Gasteiger partial charge in [0.1, 0.15) is 0 Å². The molecule has 1 aromatic rings. The summed E-state index contributed by atoms with van der Waals surface area (Å²) in [6.07, 6.45) is 19.3. The molecule has 0 saturated heterocycles. The summed E-state index contributed by atoms with van der Waals surface area (Å²) in [6, 6.07) is 10.9. The average Bonchev–Trinajstić information content (AvgIpc) is 2.53. The van der Waals surface area contributed by atoms with E-state index in [1.165, 1.54) is 88.4 Å². The minimum absolute atomic E-state index is 1.26. The van der Waals surface area contributed by atoms with Crippen LogP contribution in [0.2, 0.25) is 0 Å². The molecule has 0 heterocycles. The molecule has 0 bridgehead atoms. The highest BCUT2D eigenvalue weighted by atomic mass is 32.2. The summed E-state index contributed by atoms with van der Waals surface area (Å²) in [4.78, 5) is 0. The predicted octanol–water partition coefficient (Wildman–Crippen LogP) is 6.88. The quantitative estimate of drug-likeness (QED) is 0.337. The van der Waals surface area contributed by atoms with Crippen molar-refractivity contribution >= 4 is 11.8 Å². The summed E-state index contributed by atoms with van der Waals surface area (Å²) in [5.41, 5.74) is 1.50. The van der Waals surface area contributed by atoms with Crippen molar-refractivity contribution in [2.24, 2.45) is 0 Å². The summed E-state index contributed by atoms with van der Waals surface area (Å²) in [5.74, 6) is 1.35. The summed E-state index contributed by atoms with van der Waals surface area (Å²) >= 11 is 1.98. The molecule has 0 spiro atoms. The van der Waals surface area contributed by atoms with Gasteiger partial charge in [0.05, 0.1) is 0 Å². The number of unbranched alkanes of at least 4 members (excludes halogenated alkanes) is 10. The highest BCUT2D eigenvalue weighted by molar-refractivity contribution is 7.98. The molecule has 0 unspecified atom stereocenters. The number of hydrogen-bond donors (Lipinski definition) is 0. The van der Waals surface area contributed by atoms with E-state index in [2.05, 4.69) is 36.6 Å². The maximum Gasteiger partial charge on any atom is -0.00703 e. The van der Waals surface area contributed by atoms with E-state index in [0.29, 0.717) is 0 Å². The molecule has 0 aliphatic heterocycles. The number of hydrogen-bond acceptors (Lipinski definition) is 1. The van der Waals surface area contributed by atoms with Gasteiger partial charge in [0, 0.05) is 0 Å². The van der Waals surface area contributed by atoms with Gasteiger partial charge in [0.25, 0.3) is 0 Å². The van der Waals surface area contributed by atoms with E-state index in [1.54, 1.807) is 0 Å². The topological polar surface area (TPSA) is 0 Å². The second kappa shape index (κ2) is 14.5. The maximum atomic E-state index is 2.25. The van der Waals surface area contributed by atoms with Gasteiger partial charge in [-0.1, -0.05) is 88.1 Å². The summed E-state index contributed by atoms with van der Waals surface area (Å²) in [6.45, 7) is 0. The van der Waals surface area contributed by atoms with Gasteiger partial charge in [-0.15, -0.1) is 0 Å². The summed E-state index contributed by atoms with van der Waals surface area (Å²) < 4.78 is 0. The third-order valence-corrected chi connectivity index (χ3v) is 4.85. The Bertz CT molecular complexity index is 307. The van der Waals surface area contributed by atoms with Crippen LogP contribution in [0.1, 0.15) is 76.2 Å². The van der Waals surface area contributed by atoms with Gasteiger partial charge in [-0.3, -0.25) is 0 Å². The van der Waals surface area contributed by atoms with Crippen molar-refractivity contribution in [3.8, 4) is 0 Å². The van der Waals surface area contributed by atoms with Gasteiger partial charge < -0.3 is 0 Å². The van der Waals surface area contributed by atoms with Gasteiger partial charge in [0.2, 0.25) is 0 Å². The lowest BCUT2D eigenvalue weighted by molar-refractivity contribution is 0.550. The molecule has 0 aromatic heterocycles. The number of benzene rings is 1. The second-order valence-corrected chi connectivity index (χ2v) is 7.10. The first kappa shape index (κ1) is 18.6. The first-order chi connectivity index (χ1) is 10.4. The predicted molar refractivity (Wildman–Crippen MR) is 99.3 cm³/mol. The van der Waals surface area contributed by atoms with E-state index in [1.807, 2.05) is 11.8 Å². The Morgan fingerprint density at radius 3 is 1.62 bits per heavy atom. The van der Waals surface area contributed by atoms with Crippen molar-refractivity contribution in [2.45, 2.75) is 77.0 Å². The van der Waals surface area contributed by atoms with Crippen molar-refractivity contribution in [3.05, 3.63) is 35.9 Å². The highest BCUT2D eigenvalue weighted by Crippen LogP contribution is 2.13. The third-order valence-electron chi connectivity index (χ3n) is 4.16. The van der Waals surface area contributed by atoms with Crippen LogP contribution in [-0.4, -0.2) is 12.0 Å². The Labute approximate surface area is 137 Å². The molecule has 1 heteroatoms. The van der Waals surface area contributed by atoms with Crippen LogP contribution >= 0.6 is 11.8 Å². The fourth-order valence-electron chi connectivity index (χ4n) is 2.81. The first-order valence-electron chi connectivity index (χ1n) is 8.96. The molecule has 0 N–H and O–H groups in total. The van der Waals surface area contributed by atoms with E-state index >= 15 is 0 Å². The molecule has 0 atom stereocenters. The van der Waals surface area contributed by atoms with E-state index in [-0.39, 0.29) is 0 Å². The Kier molecular flexibility index (Phi) is 12.9. The fourth-order valence-corrected chi connectivity index (χ4v) is 3.30. The zero-order valence-corrected chi connectivity index (χ0v) is 14.8. The molecular formula is C20H34S. The van der Waals surface area contributed by atoms with Crippen molar-refractivity contribution in [3.63, 3.8) is 0 Å². The Balaban J connectivity index is 1.75. The average molecular weight is 307 g/mol. The van der Waals surface area contributed by atoms with Gasteiger partial charge in [-0.05, 0) is 36.8 Å². The third kappa shape index (κ3) is 11.9. The van der Waals surface area contributed by atoms with Crippen LogP contribution in [0.15, 0.2) is 30.3 Å². The van der Waals surface area contributed by atoms with Gasteiger partial charge >= 0.3 is 0 Å². The van der Waals surface area contributed by atoms with E-state index in [9.17, 15) is 0 Å². The van der Waals surface area contributed by atoms with E-state index in [4.69, 9.17) is 0 Å². The van der Waals surface area contributed by atoms with Crippen molar-refractivity contribution in [1.29, 1.82) is 0 Å². The smallest absolute Gasteiger partial charge is 0.00703 e. The minimum Gasteiger partial charge on any atom is -0.165 e. The molecule has 0 aliphatic carbocycles. The molecule has 0 nitrogen and oxygen atoms in total. The zero-order chi connectivity index (χ0) is 15.0. The summed E-state index contributed by atoms with van der Waals surface area (Å²) in [5, 5.41) is 0. The molecule has 120 valence electrons. The number of thioether (sulfide) groups is 1. The van der Waals surface area contributed by atoms with Crippen LogP contribution in [0.3, 0.4) is 0 Å². The molecule has 0 aliphatic rings. The Hall–Kier alpha value is -0.430. The molecular weight excluding hydrogens is 272 g/mol.